The molecule has 34 valence electrons. The van der Waals surface area contributed by atoms with E-state index in [4.69, 9.17) is 3.57 Å². The summed E-state index contributed by atoms with van der Waals surface area (Å²) in [6.45, 7) is 0. The molecule has 4 heteroatoms. The van der Waals surface area contributed by atoms with Crippen LogP contribution in [0.4, 0.5) is 0 Å². The molecular weight excluding hydrogens is 145 g/mol. The van der Waals surface area contributed by atoms with Crippen LogP contribution in [-0.2, 0) is 21.8 Å². The van der Waals surface area contributed by atoms with E-state index in [1.54, 1.807) is 18.7 Å². The molecule has 0 saturated heterocycles. The minimum atomic E-state index is 0.125. The Hall–Kier alpha value is -0.367. The van der Waals surface area contributed by atoms with Gasteiger partial charge in [-0.05, 0) is 0 Å². The average Bonchev–Trinajstić information content (AvgIpc) is 2.23. The molecule has 0 saturated carbocycles. The van der Waals surface area contributed by atoms with Crippen molar-refractivity contribution in [1.82, 2.24) is 9.97 Å². The smallest absolute Gasteiger partial charge is 0.0919 e. The molecule has 0 bridgehead atoms. The van der Waals surface area contributed by atoms with Gasteiger partial charge in [0.05, 0.1) is 6.33 Å². The molecule has 0 fully saturated rings. The largest absolute Gasteiger partial charge is 0.351 e. The maximum atomic E-state index is 8.38. The minimum Gasteiger partial charge on any atom is -0.351 e. The number of nitrogens with zero attached hydrogens (tertiary/aromatic N) is 1. The van der Waals surface area contributed by atoms with Crippen molar-refractivity contribution >= 4 is 0 Å². The van der Waals surface area contributed by atoms with Crippen LogP contribution in [0.3, 0.4) is 0 Å². The number of aromatic amines is 1. The molecule has 1 aromatic rings. The molecule has 0 atom stereocenters. The van der Waals surface area contributed by atoms with Gasteiger partial charge in [-0.3, -0.25) is 0 Å². The maximum Gasteiger partial charge on any atom is 0.0919 e. The summed E-state index contributed by atoms with van der Waals surface area (Å²) in [4.78, 5) is 6.42. The average molecular weight is 149 g/mol. The number of nitrogens with one attached hydrogen (secondary N) is 1. The standard InChI is InChI=1S/C3H4N2.O.Zn/c1-2-5-3-4-1;;/h1-3H,(H,4,5);;. The van der Waals surface area contributed by atoms with Gasteiger partial charge >= 0.3 is 21.8 Å². The van der Waals surface area contributed by atoms with Crippen LogP contribution < -0.4 is 0 Å². The molecule has 0 radical (unpaired) electrons. The van der Waals surface area contributed by atoms with Crippen molar-refractivity contribution in [2.45, 2.75) is 0 Å². The topological polar surface area (TPSA) is 45.8 Å². The van der Waals surface area contributed by atoms with Gasteiger partial charge in [0.2, 0.25) is 0 Å². The van der Waals surface area contributed by atoms with Gasteiger partial charge in [0.25, 0.3) is 0 Å². The van der Waals surface area contributed by atoms with E-state index in [1.165, 1.54) is 0 Å². The minimum absolute atomic E-state index is 0.125. The van der Waals surface area contributed by atoms with Gasteiger partial charge in [0, 0.05) is 12.4 Å². The van der Waals surface area contributed by atoms with Crippen LogP contribution in [0.5, 0.6) is 0 Å². The Morgan fingerprint density at radius 3 is 2.43 bits per heavy atom. The van der Waals surface area contributed by atoms with E-state index in [1.807, 2.05) is 0 Å². The molecular formula is C3H4N2OZn. The quantitative estimate of drug-likeness (QED) is 0.539. The molecule has 1 N–H and O–H groups in total. The Morgan fingerprint density at radius 2 is 2.29 bits per heavy atom. The zero-order chi connectivity index (χ0) is 5.54. The molecule has 0 amide bonds. The van der Waals surface area contributed by atoms with Crippen molar-refractivity contribution in [2.24, 2.45) is 0 Å². The molecule has 7 heavy (non-hydrogen) atoms. The third kappa shape index (κ3) is 3.46. The van der Waals surface area contributed by atoms with Crippen LogP contribution in [0.15, 0.2) is 18.7 Å². The first kappa shape index (κ1) is 6.63. The predicted molar refractivity (Wildman–Crippen MR) is 19.3 cm³/mol. The Bertz CT molecular complexity index is 79.8. The van der Waals surface area contributed by atoms with Gasteiger partial charge in [-0.2, -0.15) is 0 Å². The van der Waals surface area contributed by atoms with Gasteiger partial charge in [-0.1, -0.05) is 0 Å². The van der Waals surface area contributed by atoms with Crippen LogP contribution >= 0.6 is 0 Å². The Balaban J connectivity index is 0.000000162. The summed E-state index contributed by atoms with van der Waals surface area (Å²) in [7, 11) is 0. The fraction of sp³-hybridized carbons (Fsp3) is 0. The summed E-state index contributed by atoms with van der Waals surface area (Å²) in [6.07, 6.45) is 5.08. The number of aromatic nitrogens is 2. The first-order chi connectivity index (χ1) is 3.50. The second-order valence-corrected chi connectivity index (χ2v) is 0.761. The third-order valence-electron chi connectivity index (χ3n) is 0.406. The zero-order valence-electron chi connectivity index (χ0n) is 3.79. The van der Waals surface area contributed by atoms with Crippen molar-refractivity contribution in [3.05, 3.63) is 18.7 Å². The summed E-state index contributed by atoms with van der Waals surface area (Å²) in [5.74, 6) is 0. The number of H-pyrrole nitrogens is 1. The summed E-state index contributed by atoms with van der Waals surface area (Å²) in [6, 6.07) is 0. The Labute approximate surface area is 51.1 Å². The number of hydrogen-bond acceptors (Lipinski definition) is 2. The zero-order valence-corrected chi connectivity index (χ0v) is 6.76. The Morgan fingerprint density at radius 1 is 1.57 bits per heavy atom. The molecule has 0 spiro atoms. The fourth-order valence-electron chi connectivity index (χ4n) is 0.215. The summed E-state index contributed by atoms with van der Waals surface area (Å²) >= 11 is 0.125. The van der Waals surface area contributed by atoms with E-state index in [-0.39, 0.29) is 18.3 Å². The van der Waals surface area contributed by atoms with Gasteiger partial charge in [-0.15, -0.1) is 0 Å². The van der Waals surface area contributed by atoms with E-state index >= 15 is 0 Å². The van der Waals surface area contributed by atoms with E-state index in [0.717, 1.165) is 0 Å². The SMILES string of the molecule is [O]=[Zn].c1c[nH]cn1. The number of rotatable bonds is 0. The van der Waals surface area contributed by atoms with E-state index in [0.29, 0.717) is 0 Å². The molecule has 1 rings (SSSR count). The monoisotopic (exact) mass is 148 g/mol. The third-order valence-corrected chi connectivity index (χ3v) is 0.406. The normalized spacial score (nSPS) is 6.57. The van der Waals surface area contributed by atoms with E-state index in [9.17, 15) is 0 Å². The maximum absolute atomic E-state index is 8.38. The predicted octanol–water partition coefficient (Wildman–Crippen LogP) is 0.288. The second kappa shape index (κ2) is 5.63. The van der Waals surface area contributed by atoms with Crippen molar-refractivity contribution < 1.29 is 21.8 Å². The van der Waals surface area contributed by atoms with Crippen LogP contribution in [0.1, 0.15) is 0 Å². The molecule has 3 nitrogen and oxygen atoms in total. The number of imidazole rings is 1. The van der Waals surface area contributed by atoms with Crippen molar-refractivity contribution in [3.8, 4) is 0 Å². The molecule has 1 heterocycles. The number of hydrogen-bond donors (Lipinski definition) is 1. The van der Waals surface area contributed by atoms with Gasteiger partial charge in [0.15, 0.2) is 0 Å². The van der Waals surface area contributed by atoms with Crippen LogP contribution in [0, 0.1) is 0 Å². The molecule has 0 aliphatic carbocycles. The van der Waals surface area contributed by atoms with Gasteiger partial charge in [-0.25, -0.2) is 4.98 Å². The molecule has 1 aromatic heterocycles. The van der Waals surface area contributed by atoms with Crippen molar-refractivity contribution in [1.29, 1.82) is 0 Å². The molecule has 0 unspecified atom stereocenters. The summed E-state index contributed by atoms with van der Waals surface area (Å²) in [5.41, 5.74) is 0. The van der Waals surface area contributed by atoms with Crippen LogP contribution in [0.25, 0.3) is 0 Å². The first-order valence-electron chi connectivity index (χ1n) is 1.72. The first-order valence-corrected chi connectivity index (χ1v) is 2.93. The van der Waals surface area contributed by atoms with E-state index in [2.05, 4.69) is 9.97 Å². The second-order valence-electron chi connectivity index (χ2n) is 0.761. The van der Waals surface area contributed by atoms with Crippen LogP contribution in [-0.4, -0.2) is 9.97 Å². The van der Waals surface area contributed by atoms with Crippen molar-refractivity contribution in [3.63, 3.8) is 0 Å². The molecule has 0 aromatic carbocycles. The van der Waals surface area contributed by atoms with E-state index < -0.39 is 0 Å². The van der Waals surface area contributed by atoms with Gasteiger partial charge < -0.3 is 4.98 Å². The molecule has 0 aliphatic heterocycles. The van der Waals surface area contributed by atoms with Crippen molar-refractivity contribution in [2.75, 3.05) is 0 Å². The fourth-order valence-corrected chi connectivity index (χ4v) is 0.215. The molecule has 0 aliphatic rings. The summed E-state index contributed by atoms with van der Waals surface area (Å²) in [5, 5.41) is 0. The summed E-state index contributed by atoms with van der Waals surface area (Å²) < 4.78 is 8.38. The Kier molecular flexibility index (Phi) is 5.34. The van der Waals surface area contributed by atoms with Gasteiger partial charge in [0.1, 0.15) is 0 Å². The van der Waals surface area contributed by atoms with Crippen LogP contribution in [0.2, 0.25) is 0 Å².